The van der Waals surface area contributed by atoms with Gasteiger partial charge in [-0.1, -0.05) is 23.2 Å². The Morgan fingerprint density at radius 2 is 1.80 bits per heavy atom. The molecule has 3 N–H and O–H groups in total. The molecule has 0 spiro atoms. The van der Waals surface area contributed by atoms with Crippen molar-refractivity contribution < 1.29 is 12.8 Å². The highest BCUT2D eigenvalue weighted by Crippen LogP contribution is 2.25. The Morgan fingerprint density at radius 3 is 2.40 bits per heavy atom. The smallest absolute Gasteiger partial charge is 0.261 e. The van der Waals surface area contributed by atoms with Crippen LogP contribution in [0.15, 0.2) is 41.3 Å². The van der Waals surface area contributed by atoms with Gasteiger partial charge in [0, 0.05) is 5.02 Å². The van der Waals surface area contributed by atoms with Crippen molar-refractivity contribution in [3.05, 3.63) is 52.3 Å². The van der Waals surface area contributed by atoms with Crippen LogP contribution in [-0.2, 0) is 10.0 Å². The largest absolute Gasteiger partial charge is 0.398 e. The molecule has 0 saturated carbocycles. The summed E-state index contributed by atoms with van der Waals surface area (Å²) in [6.45, 7) is 0. The Hall–Kier alpha value is -1.50. The Labute approximate surface area is 125 Å². The summed E-state index contributed by atoms with van der Waals surface area (Å²) in [5, 5.41) is 0.197. The average Bonchev–Trinajstić information content (AvgIpc) is 2.30. The number of halogens is 3. The zero-order valence-corrected chi connectivity index (χ0v) is 12.2. The van der Waals surface area contributed by atoms with E-state index in [0.717, 1.165) is 12.1 Å². The van der Waals surface area contributed by atoms with E-state index in [1.807, 2.05) is 0 Å². The third-order valence-electron chi connectivity index (χ3n) is 2.40. The van der Waals surface area contributed by atoms with Crippen LogP contribution >= 0.6 is 23.2 Å². The topological polar surface area (TPSA) is 72.2 Å². The van der Waals surface area contributed by atoms with Crippen LogP contribution < -0.4 is 10.5 Å². The maximum atomic E-state index is 13.2. The highest BCUT2D eigenvalue weighted by Gasteiger charge is 2.16. The van der Waals surface area contributed by atoms with Gasteiger partial charge in [-0.2, -0.15) is 0 Å². The summed E-state index contributed by atoms with van der Waals surface area (Å²) < 4.78 is 39.6. The van der Waals surface area contributed by atoms with Gasteiger partial charge in [-0.15, -0.1) is 0 Å². The van der Waals surface area contributed by atoms with Crippen LogP contribution in [0.2, 0.25) is 10.0 Å². The van der Waals surface area contributed by atoms with Crippen molar-refractivity contribution in [1.82, 2.24) is 0 Å². The SMILES string of the molecule is Nc1ccc(S(=O)(=O)Nc2cc(F)cc(Cl)c2)cc1Cl. The molecular weight excluding hydrogens is 326 g/mol. The molecule has 0 heterocycles. The van der Waals surface area contributed by atoms with Crippen molar-refractivity contribution in [2.24, 2.45) is 0 Å². The molecule has 0 bridgehead atoms. The van der Waals surface area contributed by atoms with Crippen molar-refractivity contribution in [3.63, 3.8) is 0 Å². The molecule has 2 rings (SSSR count). The number of sulfonamides is 1. The quantitative estimate of drug-likeness (QED) is 0.843. The third kappa shape index (κ3) is 3.33. The van der Waals surface area contributed by atoms with E-state index in [2.05, 4.69) is 4.72 Å². The second-order valence-electron chi connectivity index (χ2n) is 3.95. The highest BCUT2D eigenvalue weighted by atomic mass is 35.5. The Kier molecular flexibility index (Phi) is 4.08. The van der Waals surface area contributed by atoms with Gasteiger partial charge >= 0.3 is 0 Å². The minimum Gasteiger partial charge on any atom is -0.398 e. The summed E-state index contributed by atoms with van der Waals surface area (Å²) in [6.07, 6.45) is 0. The van der Waals surface area contributed by atoms with E-state index in [0.29, 0.717) is 0 Å². The molecule has 0 unspecified atom stereocenters. The fourth-order valence-electron chi connectivity index (χ4n) is 1.50. The van der Waals surface area contributed by atoms with Gasteiger partial charge in [-0.3, -0.25) is 4.72 Å². The molecule has 106 valence electrons. The molecule has 0 radical (unpaired) electrons. The first kappa shape index (κ1) is 14.9. The van der Waals surface area contributed by atoms with Gasteiger partial charge < -0.3 is 5.73 Å². The molecular formula is C12H9Cl2FN2O2S. The van der Waals surface area contributed by atoms with E-state index < -0.39 is 15.8 Å². The average molecular weight is 335 g/mol. The van der Waals surface area contributed by atoms with Crippen molar-refractivity contribution >= 4 is 44.6 Å². The molecule has 0 aliphatic carbocycles. The van der Waals surface area contributed by atoms with Gasteiger partial charge in [0.2, 0.25) is 0 Å². The third-order valence-corrected chi connectivity index (χ3v) is 4.32. The minimum atomic E-state index is -3.90. The summed E-state index contributed by atoms with van der Waals surface area (Å²) in [5.74, 6) is -0.648. The lowest BCUT2D eigenvalue weighted by Gasteiger charge is -2.09. The number of hydrogen-bond donors (Lipinski definition) is 2. The fourth-order valence-corrected chi connectivity index (χ4v) is 3.04. The van der Waals surface area contributed by atoms with E-state index in [-0.39, 0.29) is 26.3 Å². The van der Waals surface area contributed by atoms with Crippen LogP contribution in [-0.4, -0.2) is 8.42 Å². The number of rotatable bonds is 3. The first-order valence-electron chi connectivity index (χ1n) is 5.32. The first-order valence-corrected chi connectivity index (χ1v) is 7.56. The number of anilines is 2. The molecule has 20 heavy (non-hydrogen) atoms. The molecule has 2 aromatic rings. The standard InChI is InChI=1S/C12H9Cl2FN2O2S/c13-7-3-8(15)5-9(4-7)17-20(18,19)10-1-2-12(16)11(14)6-10/h1-6,17H,16H2. The molecule has 0 aliphatic heterocycles. The lowest BCUT2D eigenvalue weighted by Crippen LogP contribution is -2.13. The zero-order chi connectivity index (χ0) is 14.9. The van der Waals surface area contributed by atoms with Crippen LogP contribution in [0, 0.1) is 5.82 Å². The normalized spacial score (nSPS) is 11.3. The summed E-state index contributed by atoms with van der Waals surface area (Å²) in [6, 6.07) is 7.25. The highest BCUT2D eigenvalue weighted by molar-refractivity contribution is 7.92. The predicted octanol–water partition coefficient (Wildman–Crippen LogP) is 3.52. The molecule has 8 heteroatoms. The van der Waals surface area contributed by atoms with Gasteiger partial charge in [0.15, 0.2) is 0 Å². The van der Waals surface area contributed by atoms with E-state index in [4.69, 9.17) is 28.9 Å². The maximum absolute atomic E-state index is 13.2. The number of nitrogens with one attached hydrogen (secondary N) is 1. The van der Waals surface area contributed by atoms with Crippen molar-refractivity contribution in [2.45, 2.75) is 4.90 Å². The molecule has 0 aromatic heterocycles. The first-order chi connectivity index (χ1) is 9.28. The van der Waals surface area contributed by atoms with Crippen LogP contribution in [0.5, 0.6) is 0 Å². The second kappa shape index (κ2) is 5.47. The predicted molar refractivity (Wildman–Crippen MR) is 78.1 cm³/mol. The van der Waals surface area contributed by atoms with Crippen LogP contribution in [0.4, 0.5) is 15.8 Å². The number of hydrogen-bond acceptors (Lipinski definition) is 3. The molecule has 0 fully saturated rings. The Morgan fingerprint density at radius 1 is 1.10 bits per heavy atom. The summed E-state index contributed by atoms with van der Waals surface area (Å²) in [5.41, 5.74) is 5.79. The van der Waals surface area contributed by atoms with Crippen LogP contribution in [0.25, 0.3) is 0 Å². The molecule has 0 saturated heterocycles. The number of nitrogens with two attached hydrogens (primary N) is 1. The lowest BCUT2D eigenvalue weighted by atomic mass is 10.3. The number of nitrogen functional groups attached to an aromatic ring is 1. The molecule has 0 amide bonds. The van der Waals surface area contributed by atoms with E-state index in [9.17, 15) is 12.8 Å². The second-order valence-corrected chi connectivity index (χ2v) is 6.47. The maximum Gasteiger partial charge on any atom is 0.261 e. The minimum absolute atomic E-state index is 0.0166. The van der Waals surface area contributed by atoms with Crippen molar-refractivity contribution in [3.8, 4) is 0 Å². The van der Waals surface area contributed by atoms with Gasteiger partial charge in [-0.05, 0) is 36.4 Å². The van der Waals surface area contributed by atoms with Crippen molar-refractivity contribution in [1.29, 1.82) is 0 Å². The van der Waals surface area contributed by atoms with Crippen LogP contribution in [0.3, 0.4) is 0 Å². The fraction of sp³-hybridized carbons (Fsp3) is 0. The van der Waals surface area contributed by atoms with Crippen molar-refractivity contribution in [2.75, 3.05) is 10.5 Å². The lowest BCUT2D eigenvalue weighted by molar-refractivity contribution is 0.601. The number of benzene rings is 2. The monoisotopic (exact) mass is 334 g/mol. The molecule has 4 nitrogen and oxygen atoms in total. The Balaban J connectivity index is 2.37. The van der Waals surface area contributed by atoms with Gasteiger partial charge in [0.05, 0.1) is 21.3 Å². The van der Waals surface area contributed by atoms with E-state index in [1.54, 1.807) is 0 Å². The summed E-state index contributed by atoms with van der Waals surface area (Å²) >= 11 is 11.4. The van der Waals surface area contributed by atoms with E-state index >= 15 is 0 Å². The molecule has 0 aliphatic rings. The molecule has 2 aromatic carbocycles. The van der Waals surface area contributed by atoms with Gasteiger partial charge in [0.25, 0.3) is 10.0 Å². The summed E-state index contributed by atoms with van der Waals surface area (Å²) in [4.78, 5) is -0.0860. The Bertz CT molecular complexity index is 746. The van der Waals surface area contributed by atoms with Gasteiger partial charge in [0.1, 0.15) is 5.82 Å². The van der Waals surface area contributed by atoms with Crippen LogP contribution in [0.1, 0.15) is 0 Å². The molecule has 0 atom stereocenters. The van der Waals surface area contributed by atoms with E-state index in [1.165, 1.54) is 24.3 Å². The van der Waals surface area contributed by atoms with Gasteiger partial charge in [-0.25, -0.2) is 12.8 Å². The zero-order valence-electron chi connectivity index (χ0n) is 9.90. The summed E-state index contributed by atoms with van der Waals surface area (Å²) in [7, 11) is -3.90.